The summed E-state index contributed by atoms with van der Waals surface area (Å²) in [4.78, 5) is 0. The molecule has 0 spiro atoms. The molecule has 0 fully saturated rings. The highest BCUT2D eigenvalue weighted by Crippen LogP contribution is 2.27. The predicted molar refractivity (Wildman–Crippen MR) is 48.9 cm³/mol. The molecule has 0 radical (unpaired) electrons. The molecule has 2 nitrogen and oxygen atoms in total. The third kappa shape index (κ3) is 1.48. The summed E-state index contributed by atoms with van der Waals surface area (Å²) in [6.45, 7) is 0. The average molecular weight is 215 g/mol. The van der Waals surface area contributed by atoms with Crippen molar-refractivity contribution in [3.8, 4) is 11.3 Å². The highest BCUT2D eigenvalue weighted by atomic mass is 35.5. The van der Waals surface area contributed by atoms with Gasteiger partial charge in [0.25, 0.3) is 0 Å². The summed E-state index contributed by atoms with van der Waals surface area (Å²) in [6, 6.07) is 3.15. The van der Waals surface area contributed by atoms with Gasteiger partial charge in [-0.15, -0.1) is 0 Å². The van der Waals surface area contributed by atoms with Crippen LogP contribution < -0.4 is 0 Å². The van der Waals surface area contributed by atoms with Crippen molar-refractivity contribution in [2.24, 2.45) is 0 Å². The summed E-state index contributed by atoms with van der Waals surface area (Å²) in [5.74, 6) is -1.07. The van der Waals surface area contributed by atoms with E-state index in [0.717, 1.165) is 18.2 Å². The minimum atomic E-state index is -0.544. The van der Waals surface area contributed by atoms with Crippen LogP contribution >= 0.6 is 11.6 Å². The monoisotopic (exact) mass is 214 g/mol. The fourth-order valence-corrected chi connectivity index (χ4v) is 1.34. The van der Waals surface area contributed by atoms with Crippen LogP contribution in [0.3, 0.4) is 0 Å². The van der Waals surface area contributed by atoms with Gasteiger partial charge in [0, 0.05) is 5.56 Å². The molecule has 0 bridgehead atoms. The first-order chi connectivity index (χ1) is 6.68. The summed E-state index contributed by atoms with van der Waals surface area (Å²) in [5.41, 5.74) is 0.358. The van der Waals surface area contributed by atoms with Crippen LogP contribution in [0.5, 0.6) is 0 Å². The maximum Gasteiger partial charge on any atom is 0.132 e. The first-order valence-corrected chi connectivity index (χ1v) is 4.20. The van der Waals surface area contributed by atoms with Gasteiger partial charge in [0.1, 0.15) is 11.6 Å². The zero-order valence-corrected chi connectivity index (χ0v) is 7.65. The van der Waals surface area contributed by atoms with Gasteiger partial charge in [0.2, 0.25) is 0 Å². The Balaban J connectivity index is 2.62. The van der Waals surface area contributed by atoms with Crippen LogP contribution in [0.1, 0.15) is 0 Å². The molecule has 14 heavy (non-hydrogen) atoms. The molecule has 0 amide bonds. The zero-order valence-electron chi connectivity index (χ0n) is 6.89. The second-order valence-electron chi connectivity index (χ2n) is 2.72. The van der Waals surface area contributed by atoms with Crippen molar-refractivity contribution in [2.75, 3.05) is 0 Å². The smallest absolute Gasteiger partial charge is 0.132 e. The third-order valence-corrected chi connectivity index (χ3v) is 2.08. The van der Waals surface area contributed by atoms with Crippen molar-refractivity contribution in [3.05, 3.63) is 41.1 Å². The van der Waals surface area contributed by atoms with Crippen molar-refractivity contribution in [2.45, 2.75) is 0 Å². The Hall–Kier alpha value is -1.42. The Morgan fingerprint density at radius 3 is 2.71 bits per heavy atom. The summed E-state index contributed by atoms with van der Waals surface area (Å²) in [7, 11) is 0. The molecule has 0 aliphatic rings. The lowest BCUT2D eigenvalue weighted by atomic mass is 10.1. The number of benzene rings is 1. The van der Waals surface area contributed by atoms with Crippen LogP contribution in [0.2, 0.25) is 5.02 Å². The van der Waals surface area contributed by atoms with Crippen molar-refractivity contribution in [1.82, 2.24) is 10.2 Å². The van der Waals surface area contributed by atoms with Gasteiger partial charge in [-0.05, 0) is 18.2 Å². The topological polar surface area (TPSA) is 28.7 Å². The standard InChI is InChI=1S/C9H5ClF2N2/c10-7-4-13-14-9(7)6-3-5(11)1-2-8(6)12/h1-4H,(H,13,14). The van der Waals surface area contributed by atoms with E-state index >= 15 is 0 Å². The van der Waals surface area contributed by atoms with E-state index in [9.17, 15) is 8.78 Å². The van der Waals surface area contributed by atoms with Crippen LogP contribution in [0.25, 0.3) is 11.3 Å². The molecule has 0 saturated carbocycles. The lowest BCUT2D eigenvalue weighted by Gasteiger charge is -2.00. The van der Waals surface area contributed by atoms with Gasteiger partial charge < -0.3 is 0 Å². The number of H-pyrrole nitrogens is 1. The number of nitrogens with one attached hydrogen (secondary N) is 1. The zero-order chi connectivity index (χ0) is 10.1. The van der Waals surface area contributed by atoms with Gasteiger partial charge in [-0.3, -0.25) is 5.10 Å². The summed E-state index contributed by atoms with van der Waals surface area (Å²) >= 11 is 5.72. The Morgan fingerprint density at radius 1 is 1.29 bits per heavy atom. The average Bonchev–Trinajstić information content (AvgIpc) is 2.56. The van der Waals surface area contributed by atoms with E-state index in [0.29, 0.717) is 0 Å². The van der Waals surface area contributed by atoms with E-state index in [1.54, 1.807) is 0 Å². The Labute approximate surface area is 83.5 Å². The van der Waals surface area contributed by atoms with E-state index in [1.807, 2.05) is 0 Å². The number of nitrogens with zero attached hydrogens (tertiary/aromatic N) is 1. The van der Waals surface area contributed by atoms with Crippen LogP contribution in [0.4, 0.5) is 8.78 Å². The van der Waals surface area contributed by atoms with Crippen LogP contribution in [-0.2, 0) is 0 Å². The second-order valence-corrected chi connectivity index (χ2v) is 3.12. The lowest BCUT2D eigenvalue weighted by molar-refractivity contribution is 0.602. The second kappa shape index (κ2) is 3.38. The molecule has 0 aliphatic heterocycles. The van der Waals surface area contributed by atoms with Crippen LogP contribution in [0.15, 0.2) is 24.4 Å². The number of halogens is 3. The molecule has 0 saturated heterocycles. The van der Waals surface area contributed by atoms with Crippen molar-refractivity contribution in [1.29, 1.82) is 0 Å². The highest BCUT2D eigenvalue weighted by molar-refractivity contribution is 6.32. The predicted octanol–water partition coefficient (Wildman–Crippen LogP) is 3.01. The number of aromatic amines is 1. The molecule has 1 aromatic carbocycles. The summed E-state index contributed by atoms with van der Waals surface area (Å²) in [6.07, 6.45) is 1.33. The van der Waals surface area contributed by atoms with Crippen molar-refractivity contribution < 1.29 is 8.78 Å². The molecule has 5 heteroatoms. The molecule has 0 aliphatic carbocycles. The minimum absolute atomic E-state index is 0.0764. The lowest BCUT2D eigenvalue weighted by Crippen LogP contribution is -1.87. The summed E-state index contributed by atoms with van der Waals surface area (Å²) in [5, 5.41) is 6.38. The molecule has 2 rings (SSSR count). The van der Waals surface area contributed by atoms with E-state index in [2.05, 4.69) is 10.2 Å². The van der Waals surface area contributed by atoms with Gasteiger partial charge in [0.05, 0.1) is 16.9 Å². The molecule has 72 valence electrons. The first kappa shape index (κ1) is 9.15. The molecule has 1 N–H and O–H groups in total. The third-order valence-electron chi connectivity index (χ3n) is 1.79. The number of hydrogen-bond acceptors (Lipinski definition) is 1. The molecule has 0 atom stereocenters. The Kier molecular flexibility index (Phi) is 2.21. The van der Waals surface area contributed by atoms with Crippen LogP contribution in [-0.4, -0.2) is 10.2 Å². The number of hydrogen-bond donors (Lipinski definition) is 1. The van der Waals surface area contributed by atoms with Gasteiger partial charge in [-0.1, -0.05) is 11.6 Å². The van der Waals surface area contributed by atoms with Crippen molar-refractivity contribution in [3.63, 3.8) is 0 Å². The maximum atomic E-state index is 13.2. The largest absolute Gasteiger partial charge is 0.276 e. The fourth-order valence-electron chi connectivity index (χ4n) is 1.15. The molecule has 1 aromatic heterocycles. The quantitative estimate of drug-likeness (QED) is 0.777. The fraction of sp³-hybridized carbons (Fsp3) is 0. The van der Waals surface area contributed by atoms with Gasteiger partial charge in [-0.25, -0.2) is 8.78 Å². The van der Waals surface area contributed by atoms with E-state index in [-0.39, 0.29) is 16.3 Å². The molecule has 2 aromatic rings. The van der Waals surface area contributed by atoms with Gasteiger partial charge in [0.15, 0.2) is 0 Å². The van der Waals surface area contributed by atoms with Gasteiger partial charge >= 0.3 is 0 Å². The Morgan fingerprint density at radius 2 is 2.07 bits per heavy atom. The SMILES string of the molecule is Fc1ccc(F)c(-c2[nH]ncc2Cl)c1. The number of aromatic nitrogens is 2. The molecule has 0 unspecified atom stereocenters. The van der Waals surface area contributed by atoms with Crippen LogP contribution in [0, 0.1) is 11.6 Å². The normalized spacial score (nSPS) is 10.5. The van der Waals surface area contributed by atoms with Gasteiger partial charge in [-0.2, -0.15) is 5.10 Å². The molecular weight excluding hydrogens is 210 g/mol. The summed E-state index contributed by atoms with van der Waals surface area (Å²) < 4.78 is 26.1. The van der Waals surface area contributed by atoms with E-state index in [4.69, 9.17) is 11.6 Å². The first-order valence-electron chi connectivity index (χ1n) is 3.83. The number of rotatable bonds is 1. The minimum Gasteiger partial charge on any atom is -0.276 e. The Bertz CT molecular complexity index is 468. The van der Waals surface area contributed by atoms with E-state index < -0.39 is 11.6 Å². The molecule has 1 heterocycles. The van der Waals surface area contributed by atoms with E-state index in [1.165, 1.54) is 6.20 Å². The molecular formula is C9H5ClF2N2. The van der Waals surface area contributed by atoms with Crippen molar-refractivity contribution >= 4 is 11.6 Å². The highest BCUT2D eigenvalue weighted by Gasteiger charge is 2.11. The maximum absolute atomic E-state index is 13.2.